The molecule has 0 saturated carbocycles. The van der Waals surface area contributed by atoms with E-state index in [0.717, 1.165) is 17.9 Å². The van der Waals surface area contributed by atoms with Gasteiger partial charge in [-0.15, -0.1) is 0 Å². The molecule has 0 amide bonds. The van der Waals surface area contributed by atoms with Gasteiger partial charge < -0.3 is 5.73 Å². The summed E-state index contributed by atoms with van der Waals surface area (Å²) in [6, 6.07) is 2.80. The summed E-state index contributed by atoms with van der Waals surface area (Å²) in [4.78, 5) is -0.0262. The Morgan fingerprint density at radius 1 is 1.42 bits per heavy atom. The molecule has 0 aliphatic carbocycles. The zero-order valence-corrected chi connectivity index (χ0v) is 13.2. The third kappa shape index (κ3) is 3.49. The highest BCUT2D eigenvalue weighted by Crippen LogP contribution is 2.33. The van der Waals surface area contributed by atoms with E-state index in [0.29, 0.717) is 12.5 Å². The molecule has 1 aromatic rings. The van der Waals surface area contributed by atoms with Crippen LogP contribution in [0.15, 0.2) is 17.0 Å². The van der Waals surface area contributed by atoms with Gasteiger partial charge in [-0.05, 0) is 36.0 Å². The Kier molecular flexibility index (Phi) is 4.89. The highest BCUT2D eigenvalue weighted by Gasteiger charge is 2.23. The molecule has 106 valence electrons. The van der Waals surface area contributed by atoms with E-state index in [4.69, 9.17) is 28.9 Å². The number of rotatable bonds is 4. The number of thioether (sulfide) groups is 1. The third-order valence-electron chi connectivity index (χ3n) is 2.97. The van der Waals surface area contributed by atoms with Crippen molar-refractivity contribution in [1.82, 2.24) is 4.72 Å². The smallest absolute Gasteiger partial charge is 0.242 e. The number of anilines is 1. The normalized spacial score (nSPS) is 19.8. The van der Waals surface area contributed by atoms with Crippen molar-refractivity contribution >= 4 is 50.7 Å². The van der Waals surface area contributed by atoms with Crippen molar-refractivity contribution in [1.29, 1.82) is 0 Å². The quantitative estimate of drug-likeness (QED) is 0.826. The maximum atomic E-state index is 12.2. The fourth-order valence-corrected chi connectivity index (χ4v) is 4.97. The number of nitrogens with one attached hydrogen (secondary N) is 1. The number of nitrogen functional groups attached to an aromatic ring is 1. The lowest BCUT2D eigenvalue weighted by atomic mass is 10.1. The number of halogens is 2. The Labute approximate surface area is 127 Å². The minimum Gasteiger partial charge on any atom is -0.396 e. The van der Waals surface area contributed by atoms with Gasteiger partial charge in [-0.3, -0.25) is 0 Å². The molecule has 0 spiro atoms. The SMILES string of the molecule is Nc1c(Cl)ccc(S(=O)(=O)NCC2CCSC2)c1Cl. The highest BCUT2D eigenvalue weighted by molar-refractivity contribution is 7.99. The van der Waals surface area contributed by atoms with Crippen LogP contribution in [0.1, 0.15) is 6.42 Å². The first-order valence-electron chi connectivity index (χ1n) is 5.72. The summed E-state index contributed by atoms with van der Waals surface area (Å²) in [7, 11) is -3.65. The van der Waals surface area contributed by atoms with Gasteiger partial charge in [-0.25, -0.2) is 13.1 Å². The van der Waals surface area contributed by atoms with Crippen molar-refractivity contribution in [2.75, 3.05) is 23.8 Å². The molecule has 1 saturated heterocycles. The molecular formula is C11H14Cl2N2O2S2. The predicted octanol–water partition coefficient (Wildman–Crippen LogP) is 2.61. The Hall–Kier alpha value is -0.140. The maximum Gasteiger partial charge on any atom is 0.242 e. The molecule has 0 aromatic heterocycles. The lowest BCUT2D eigenvalue weighted by Crippen LogP contribution is -2.29. The molecule has 3 N–H and O–H groups in total. The van der Waals surface area contributed by atoms with Crippen LogP contribution in [0.3, 0.4) is 0 Å². The lowest BCUT2D eigenvalue weighted by Gasteiger charge is -2.13. The number of nitrogens with two attached hydrogens (primary N) is 1. The molecule has 2 rings (SSSR count). The van der Waals surface area contributed by atoms with Crippen LogP contribution in [0.2, 0.25) is 10.0 Å². The Morgan fingerprint density at radius 3 is 2.79 bits per heavy atom. The fraction of sp³-hybridized carbons (Fsp3) is 0.455. The van der Waals surface area contributed by atoms with Crippen LogP contribution in [0.25, 0.3) is 0 Å². The van der Waals surface area contributed by atoms with Crippen LogP contribution in [0.4, 0.5) is 5.69 Å². The molecule has 8 heteroatoms. The second-order valence-electron chi connectivity index (χ2n) is 4.35. The standard InChI is InChI=1S/C11H14Cl2N2O2S2/c12-8-1-2-9(10(13)11(8)14)19(16,17)15-5-7-3-4-18-6-7/h1-2,7,15H,3-6,14H2. The van der Waals surface area contributed by atoms with Crippen molar-refractivity contribution in [3.05, 3.63) is 22.2 Å². The highest BCUT2D eigenvalue weighted by atomic mass is 35.5. The van der Waals surface area contributed by atoms with Crippen molar-refractivity contribution in [3.63, 3.8) is 0 Å². The zero-order chi connectivity index (χ0) is 14.0. The molecular weight excluding hydrogens is 327 g/mol. The third-order valence-corrected chi connectivity index (χ3v) is 6.51. The van der Waals surface area contributed by atoms with Crippen molar-refractivity contribution in [3.8, 4) is 0 Å². The minimum atomic E-state index is -3.65. The van der Waals surface area contributed by atoms with Crippen LogP contribution in [0.5, 0.6) is 0 Å². The number of hydrogen-bond donors (Lipinski definition) is 2. The summed E-state index contributed by atoms with van der Waals surface area (Å²) < 4.78 is 26.9. The van der Waals surface area contributed by atoms with E-state index >= 15 is 0 Å². The van der Waals surface area contributed by atoms with Gasteiger partial charge in [0.25, 0.3) is 0 Å². The summed E-state index contributed by atoms with van der Waals surface area (Å²) in [5.41, 5.74) is 5.72. The lowest BCUT2D eigenvalue weighted by molar-refractivity contribution is 0.546. The first-order valence-corrected chi connectivity index (χ1v) is 9.12. The monoisotopic (exact) mass is 340 g/mol. The molecule has 1 aromatic carbocycles. The Bertz CT molecular complexity index is 572. The molecule has 0 bridgehead atoms. The molecule has 1 atom stereocenters. The van der Waals surface area contributed by atoms with E-state index in [1.165, 1.54) is 12.1 Å². The van der Waals surface area contributed by atoms with E-state index in [2.05, 4.69) is 4.72 Å². The molecule has 1 unspecified atom stereocenters. The van der Waals surface area contributed by atoms with E-state index < -0.39 is 10.0 Å². The Morgan fingerprint density at radius 2 is 2.16 bits per heavy atom. The summed E-state index contributed by atoms with van der Waals surface area (Å²) >= 11 is 13.6. The average Bonchev–Trinajstić information content (AvgIpc) is 2.86. The fourth-order valence-electron chi connectivity index (χ4n) is 1.81. The zero-order valence-electron chi connectivity index (χ0n) is 10.0. The Balaban J connectivity index is 2.17. The van der Waals surface area contributed by atoms with Crippen LogP contribution in [-0.2, 0) is 10.0 Å². The molecule has 1 aliphatic heterocycles. The van der Waals surface area contributed by atoms with Crippen molar-refractivity contribution in [2.24, 2.45) is 5.92 Å². The predicted molar refractivity (Wildman–Crippen MR) is 81.5 cm³/mol. The van der Waals surface area contributed by atoms with Gasteiger partial charge in [0.1, 0.15) is 4.90 Å². The average molecular weight is 341 g/mol. The van der Waals surface area contributed by atoms with Crippen LogP contribution in [-0.4, -0.2) is 26.5 Å². The van der Waals surface area contributed by atoms with Gasteiger partial charge in [0.05, 0.1) is 15.7 Å². The minimum absolute atomic E-state index is 0.0262. The van der Waals surface area contributed by atoms with Crippen molar-refractivity contribution < 1.29 is 8.42 Å². The molecule has 0 radical (unpaired) electrons. The molecule has 4 nitrogen and oxygen atoms in total. The summed E-state index contributed by atoms with van der Waals surface area (Å²) in [5, 5.41) is 0.219. The largest absolute Gasteiger partial charge is 0.396 e. The molecule has 1 heterocycles. The van der Waals surface area contributed by atoms with Crippen LogP contribution in [0, 0.1) is 5.92 Å². The van der Waals surface area contributed by atoms with Crippen molar-refractivity contribution in [2.45, 2.75) is 11.3 Å². The molecule has 1 fully saturated rings. The van der Waals surface area contributed by atoms with Crippen LogP contribution < -0.4 is 10.5 Å². The van der Waals surface area contributed by atoms with E-state index in [9.17, 15) is 8.42 Å². The summed E-state index contributed by atoms with van der Waals surface area (Å²) in [6.45, 7) is 0.425. The number of hydrogen-bond acceptors (Lipinski definition) is 4. The summed E-state index contributed by atoms with van der Waals surface area (Å²) in [5.74, 6) is 2.45. The van der Waals surface area contributed by atoms with E-state index in [1.54, 1.807) is 0 Å². The van der Waals surface area contributed by atoms with Gasteiger partial charge in [-0.1, -0.05) is 23.2 Å². The first-order chi connectivity index (χ1) is 8.92. The van der Waals surface area contributed by atoms with Gasteiger partial charge in [0.15, 0.2) is 0 Å². The van der Waals surface area contributed by atoms with Gasteiger partial charge in [-0.2, -0.15) is 11.8 Å². The van der Waals surface area contributed by atoms with Gasteiger partial charge in [0.2, 0.25) is 10.0 Å². The second-order valence-corrected chi connectivity index (χ2v) is 8.03. The van der Waals surface area contributed by atoms with Gasteiger partial charge >= 0.3 is 0 Å². The number of benzene rings is 1. The van der Waals surface area contributed by atoms with Gasteiger partial charge in [0, 0.05) is 6.54 Å². The second kappa shape index (κ2) is 6.10. The van der Waals surface area contributed by atoms with Crippen LogP contribution >= 0.6 is 35.0 Å². The number of sulfonamides is 1. The van der Waals surface area contributed by atoms with E-state index in [1.807, 2.05) is 11.8 Å². The first kappa shape index (κ1) is 15.3. The maximum absolute atomic E-state index is 12.2. The topological polar surface area (TPSA) is 72.2 Å². The van der Waals surface area contributed by atoms with E-state index in [-0.39, 0.29) is 20.6 Å². The molecule has 19 heavy (non-hydrogen) atoms. The molecule has 1 aliphatic rings. The summed E-state index contributed by atoms with van der Waals surface area (Å²) in [6.07, 6.45) is 1.03.